The number of likely N-dealkylation sites (tertiary alicyclic amines) is 1. The topological polar surface area (TPSA) is 66.3 Å². The van der Waals surface area contributed by atoms with Gasteiger partial charge < -0.3 is 24.8 Å². The summed E-state index contributed by atoms with van der Waals surface area (Å²) in [5.74, 6) is 2.10. The maximum absolute atomic E-state index is 9.88. The van der Waals surface area contributed by atoms with E-state index < -0.39 is 0 Å². The molecule has 6 heteroatoms. The second-order valence-electron chi connectivity index (χ2n) is 7.51. The Balaban J connectivity index is 1.53. The Morgan fingerprint density at radius 1 is 1.17 bits per heavy atom. The molecule has 0 aliphatic carbocycles. The van der Waals surface area contributed by atoms with Crippen molar-refractivity contribution in [2.45, 2.75) is 33.4 Å². The van der Waals surface area contributed by atoms with E-state index >= 15 is 0 Å². The van der Waals surface area contributed by atoms with Crippen molar-refractivity contribution >= 4 is 5.96 Å². The maximum Gasteiger partial charge on any atom is 0.194 e. The molecule has 0 amide bonds. The highest BCUT2D eigenvalue weighted by Gasteiger charge is 2.25. The summed E-state index contributed by atoms with van der Waals surface area (Å²) in [6, 6.07) is 15.7. The van der Waals surface area contributed by atoms with Gasteiger partial charge in [-0.1, -0.05) is 36.4 Å². The third-order valence-corrected chi connectivity index (χ3v) is 5.12. The first kappa shape index (κ1) is 22.0. The molecule has 0 radical (unpaired) electrons. The fourth-order valence-electron chi connectivity index (χ4n) is 3.60. The number of aromatic hydroxyl groups is 1. The monoisotopic (exact) mass is 411 g/mol. The van der Waals surface area contributed by atoms with Gasteiger partial charge in [-0.05, 0) is 43.5 Å². The van der Waals surface area contributed by atoms with E-state index in [0.717, 1.165) is 44.2 Å². The van der Waals surface area contributed by atoms with Gasteiger partial charge in [0, 0.05) is 25.6 Å². The highest BCUT2D eigenvalue weighted by molar-refractivity contribution is 5.80. The number of benzene rings is 2. The predicted molar refractivity (Wildman–Crippen MR) is 120 cm³/mol. The predicted octanol–water partition coefficient (Wildman–Crippen LogP) is 3.80. The van der Waals surface area contributed by atoms with Crippen LogP contribution in [0.5, 0.6) is 11.5 Å². The van der Waals surface area contributed by atoms with Crippen molar-refractivity contribution in [3.63, 3.8) is 0 Å². The van der Waals surface area contributed by atoms with E-state index in [9.17, 15) is 5.11 Å². The molecule has 2 N–H and O–H groups in total. The van der Waals surface area contributed by atoms with Gasteiger partial charge in [0.15, 0.2) is 17.5 Å². The van der Waals surface area contributed by atoms with Gasteiger partial charge in [-0.25, -0.2) is 4.99 Å². The number of nitrogens with one attached hydrogen (secondary N) is 1. The number of nitrogens with zero attached hydrogens (tertiary/aromatic N) is 2. The van der Waals surface area contributed by atoms with Gasteiger partial charge in [-0.15, -0.1) is 0 Å². The molecule has 1 heterocycles. The largest absolute Gasteiger partial charge is 0.504 e. The minimum Gasteiger partial charge on any atom is -0.504 e. The highest BCUT2D eigenvalue weighted by atomic mass is 16.5. The standard InChI is InChI=1S/C24H33N3O3/c1-3-25-24(26-15-20-10-11-22(28)23(14-20)30-4-2)27-13-12-21(16-27)18-29-17-19-8-6-5-7-9-19/h5-11,14,21,28H,3-4,12-13,15-18H2,1-2H3,(H,25,26). The van der Waals surface area contributed by atoms with Crippen molar-refractivity contribution < 1.29 is 14.6 Å². The molecule has 1 aliphatic heterocycles. The summed E-state index contributed by atoms with van der Waals surface area (Å²) in [7, 11) is 0. The lowest BCUT2D eigenvalue weighted by Crippen LogP contribution is -2.40. The fraction of sp³-hybridized carbons (Fsp3) is 0.458. The van der Waals surface area contributed by atoms with Crippen LogP contribution >= 0.6 is 0 Å². The smallest absolute Gasteiger partial charge is 0.194 e. The Labute approximate surface area is 179 Å². The average Bonchev–Trinajstić information content (AvgIpc) is 3.23. The number of hydrogen-bond acceptors (Lipinski definition) is 4. The molecular weight excluding hydrogens is 378 g/mol. The molecule has 2 aromatic rings. The zero-order valence-corrected chi connectivity index (χ0v) is 18.0. The van der Waals surface area contributed by atoms with Gasteiger partial charge in [0.2, 0.25) is 0 Å². The molecule has 1 unspecified atom stereocenters. The Kier molecular flexibility index (Phi) is 8.39. The molecule has 30 heavy (non-hydrogen) atoms. The summed E-state index contributed by atoms with van der Waals surface area (Å²) in [4.78, 5) is 7.12. The van der Waals surface area contributed by atoms with Crippen LogP contribution in [0.25, 0.3) is 0 Å². The first-order valence-corrected chi connectivity index (χ1v) is 10.8. The number of phenolic OH excluding ortho intramolecular Hbond substituents is 1. The Morgan fingerprint density at radius 2 is 2.00 bits per heavy atom. The second kappa shape index (κ2) is 11.5. The molecule has 0 spiro atoms. The van der Waals surface area contributed by atoms with Gasteiger partial charge in [-0.2, -0.15) is 0 Å². The summed E-state index contributed by atoms with van der Waals surface area (Å²) in [6.07, 6.45) is 1.10. The lowest BCUT2D eigenvalue weighted by Gasteiger charge is -2.22. The van der Waals surface area contributed by atoms with E-state index in [2.05, 4.69) is 29.3 Å². The molecule has 162 valence electrons. The van der Waals surface area contributed by atoms with E-state index in [1.165, 1.54) is 5.56 Å². The molecule has 0 saturated carbocycles. The lowest BCUT2D eigenvalue weighted by molar-refractivity contribution is 0.0906. The lowest BCUT2D eigenvalue weighted by atomic mass is 10.1. The van der Waals surface area contributed by atoms with Crippen LogP contribution in [0.3, 0.4) is 0 Å². The number of phenols is 1. The molecule has 1 saturated heterocycles. The van der Waals surface area contributed by atoms with Crippen LogP contribution in [-0.4, -0.2) is 48.8 Å². The van der Waals surface area contributed by atoms with Crippen molar-refractivity contribution in [2.24, 2.45) is 10.9 Å². The first-order chi connectivity index (χ1) is 14.7. The Bertz CT molecular complexity index is 811. The van der Waals surface area contributed by atoms with Crippen molar-refractivity contribution in [1.29, 1.82) is 0 Å². The summed E-state index contributed by atoms with van der Waals surface area (Å²) in [6.45, 7) is 9.21. The molecule has 0 bridgehead atoms. The quantitative estimate of drug-likeness (QED) is 0.485. The van der Waals surface area contributed by atoms with Crippen LogP contribution < -0.4 is 10.1 Å². The van der Waals surface area contributed by atoms with Crippen molar-refractivity contribution in [3.8, 4) is 11.5 Å². The number of ether oxygens (including phenoxy) is 2. The SMILES string of the molecule is CCNC(=NCc1ccc(O)c(OCC)c1)N1CCC(COCc2ccccc2)C1. The van der Waals surface area contributed by atoms with Gasteiger partial charge in [-0.3, -0.25) is 0 Å². The highest BCUT2D eigenvalue weighted by Crippen LogP contribution is 2.27. The normalized spacial score (nSPS) is 16.7. The Morgan fingerprint density at radius 3 is 2.77 bits per heavy atom. The third kappa shape index (κ3) is 6.39. The van der Waals surface area contributed by atoms with Crippen LogP contribution in [0.4, 0.5) is 0 Å². The van der Waals surface area contributed by atoms with Gasteiger partial charge in [0.25, 0.3) is 0 Å². The summed E-state index contributed by atoms with van der Waals surface area (Å²) in [5, 5.41) is 13.3. The maximum atomic E-state index is 9.88. The zero-order chi connectivity index (χ0) is 21.2. The summed E-state index contributed by atoms with van der Waals surface area (Å²) >= 11 is 0. The van der Waals surface area contributed by atoms with Crippen LogP contribution in [-0.2, 0) is 17.9 Å². The average molecular weight is 412 g/mol. The molecule has 1 fully saturated rings. The van der Waals surface area contributed by atoms with Gasteiger partial charge in [0.1, 0.15) is 0 Å². The van der Waals surface area contributed by atoms with E-state index in [0.29, 0.717) is 31.4 Å². The summed E-state index contributed by atoms with van der Waals surface area (Å²) in [5.41, 5.74) is 2.22. The number of aliphatic imine (C=N–C) groups is 1. The number of rotatable bonds is 9. The summed E-state index contributed by atoms with van der Waals surface area (Å²) < 4.78 is 11.4. The van der Waals surface area contributed by atoms with Crippen LogP contribution in [0.2, 0.25) is 0 Å². The van der Waals surface area contributed by atoms with E-state index in [1.807, 2.05) is 37.3 Å². The van der Waals surface area contributed by atoms with E-state index in [1.54, 1.807) is 6.07 Å². The van der Waals surface area contributed by atoms with Crippen molar-refractivity contribution in [1.82, 2.24) is 10.2 Å². The first-order valence-electron chi connectivity index (χ1n) is 10.8. The van der Waals surface area contributed by atoms with E-state index in [4.69, 9.17) is 14.5 Å². The van der Waals surface area contributed by atoms with Gasteiger partial charge in [0.05, 0.1) is 26.4 Å². The van der Waals surface area contributed by atoms with Crippen LogP contribution in [0.1, 0.15) is 31.4 Å². The van der Waals surface area contributed by atoms with Crippen molar-refractivity contribution in [3.05, 3.63) is 59.7 Å². The van der Waals surface area contributed by atoms with Crippen molar-refractivity contribution in [2.75, 3.05) is 32.8 Å². The van der Waals surface area contributed by atoms with Crippen LogP contribution in [0, 0.1) is 5.92 Å². The van der Waals surface area contributed by atoms with E-state index in [-0.39, 0.29) is 5.75 Å². The minimum atomic E-state index is 0.161. The molecule has 6 nitrogen and oxygen atoms in total. The molecule has 1 atom stereocenters. The van der Waals surface area contributed by atoms with Crippen LogP contribution in [0.15, 0.2) is 53.5 Å². The number of hydrogen-bond donors (Lipinski definition) is 2. The molecule has 0 aromatic heterocycles. The molecule has 2 aromatic carbocycles. The molecular formula is C24H33N3O3. The second-order valence-corrected chi connectivity index (χ2v) is 7.51. The fourth-order valence-corrected chi connectivity index (χ4v) is 3.60. The third-order valence-electron chi connectivity index (χ3n) is 5.12. The Hall–Kier alpha value is -2.73. The molecule has 1 aliphatic rings. The number of guanidine groups is 1. The molecule has 3 rings (SSSR count). The zero-order valence-electron chi connectivity index (χ0n) is 18.0. The van der Waals surface area contributed by atoms with Gasteiger partial charge >= 0.3 is 0 Å². The minimum absolute atomic E-state index is 0.161.